The number of benzene rings is 1. The Morgan fingerprint density at radius 2 is 2.14 bits per heavy atom. The first-order valence-corrected chi connectivity index (χ1v) is 9.46. The van der Waals surface area contributed by atoms with Crippen LogP contribution in [0, 0.1) is 5.92 Å². The number of sulfonamides is 1. The zero-order valence-electron chi connectivity index (χ0n) is 12.7. The molecule has 1 aliphatic heterocycles. The van der Waals surface area contributed by atoms with Crippen LogP contribution in [-0.2, 0) is 10.0 Å². The van der Waals surface area contributed by atoms with Gasteiger partial charge in [0.25, 0.3) is 0 Å². The number of nitrogens with zero attached hydrogens (tertiary/aromatic N) is 1. The van der Waals surface area contributed by atoms with E-state index in [2.05, 4.69) is 25.2 Å². The van der Waals surface area contributed by atoms with Crippen LogP contribution in [0.1, 0.15) is 31.9 Å². The average molecular weight is 331 g/mol. The van der Waals surface area contributed by atoms with Crippen LogP contribution in [0.15, 0.2) is 24.3 Å². The van der Waals surface area contributed by atoms with E-state index in [9.17, 15) is 8.42 Å². The maximum atomic E-state index is 11.6. The molecule has 1 saturated heterocycles. The Morgan fingerprint density at radius 1 is 1.43 bits per heavy atom. The second kappa shape index (κ2) is 6.65. The van der Waals surface area contributed by atoms with Crippen molar-refractivity contribution in [3.05, 3.63) is 34.9 Å². The molecule has 0 aromatic heterocycles. The highest BCUT2D eigenvalue weighted by Gasteiger charge is 2.31. The van der Waals surface area contributed by atoms with Crippen molar-refractivity contribution in [3.63, 3.8) is 0 Å². The number of piperidine rings is 1. The summed E-state index contributed by atoms with van der Waals surface area (Å²) in [4.78, 5) is 0. The first kappa shape index (κ1) is 16.7. The summed E-state index contributed by atoms with van der Waals surface area (Å²) >= 11 is 6.03. The number of nitrogens with one attached hydrogen (secondary N) is 1. The van der Waals surface area contributed by atoms with Gasteiger partial charge in [0.05, 0.1) is 6.26 Å². The van der Waals surface area contributed by atoms with Crippen LogP contribution in [0.3, 0.4) is 0 Å². The molecule has 6 heteroatoms. The van der Waals surface area contributed by atoms with Gasteiger partial charge in [0, 0.05) is 30.2 Å². The second-order valence-electron chi connectivity index (χ2n) is 5.94. The van der Waals surface area contributed by atoms with Crippen LogP contribution in [-0.4, -0.2) is 38.1 Å². The Kier molecular flexibility index (Phi) is 5.30. The van der Waals surface area contributed by atoms with Crippen molar-refractivity contribution in [1.29, 1.82) is 0 Å². The maximum absolute atomic E-state index is 11.6. The summed E-state index contributed by atoms with van der Waals surface area (Å²) in [5, 5.41) is 4.34. The first-order chi connectivity index (χ1) is 9.77. The van der Waals surface area contributed by atoms with Gasteiger partial charge in [-0.3, -0.25) is 0 Å². The van der Waals surface area contributed by atoms with E-state index in [0.29, 0.717) is 19.1 Å². The van der Waals surface area contributed by atoms with Gasteiger partial charge in [-0.05, 0) is 37.0 Å². The normalized spacial score (nSPS) is 25.7. The fraction of sp³-hybridized carbons (Fsp3) is 0.600. The topological polar surface area (TPSA) is 49.4 Å². The van der Waals surface area contributed by atoms with Crippen LogP contribution < -0.4 is 5.32 Å². The Morgan fingerprint density at radius 3 is 2.71 bits per heavy atom. The lowest BCUT2D eigenvalue weighted by molar-refractivity contribution is 0.210. The summed E-state index contributed by atoms with van der Waals surface area (Å²) < 4.78 is 24.8. The van der Waals surface area contributed by atoms with Gasteiger partial charge in [-0.2, -0.15) is 0 Å². The third-order valence-electron chi connectivity index (χ3n) is 4.15. The van der Waals surface area contributed by atoms with E-state index < -0.39 is 10.0 Å². The van der Waals surface area contributed by atoms with Crippen molar-refractivity contribution in [2.45, 2.75) is 32.4 Å². The highest BCUT2D eigenvalue weighted by Crippen LogP contribution is 2.23. The molecule has 1 aromatic rings. The molecular formula is C15H23ClN2O2S. The zero-order valence-corrected chi connectivity index (χ0v) is 14.3. The molecule has 1 heterocycles. The van der Waals surface area contributed by atoms with E-state index in [1.807, 2.05) is 18.2 Å². The molecule has 0 bridgehead atoms. The van der Waals surface area contributed by atoms with Crippen LogP contribution in [0.2, 0.25) is 5.02 Å². The fourth-order valence-corrected chi connectivity index (χ4v) is 3.99. The zero-order chi connectivity index (χ0) is 15.6. The van der Waals surface area contributed by atoms with Gasteiger partial charge < -0.3 is 5.32 Å². The lowest BCUT2D eigenvalue weighted by Gasteiger charge is -2.37. The van der Waals surface area contributed by atoms with Gasteiger partial charge in [-0.1, -0.05) is 30.7 Å². The van der Waals surface area contributed by atoms with Crippen molar-refractivity contribution in [2.24, 2.45) is 5.92 Å². The molecule has 118 valence electrons. The molecule has 0 saturated carbocycles. The monoisotopic (exact) mass is 330 g/mol. The number of rotatable bonds is 4. The Bertz CT molecular complexity index is 591. The molecule has 2 rings (SSSR count). The van der Waals surface area contributed by atoms with E-state index in [1.165, 1.54) is 6.26 Å². The molecule has 1 aliphatic rings. The van der Waals surface area contributed by atoms with Gasteiger partial charge in [-0.25, -0.2) is 12.7 Å². The Hall–Kier alpha value is -0.620. The summed E-state index contributed by atoms with van der Waals surface area (Å²) in [6.45, 7) is 5.38. The maximum Gasteiger partial charge on any atom is 0.211 e. The predicted octanol–water partition coefficient (Wildman–Crippen LogP) is 2.66. The van der Waals surface area contributed by atoms with E-state index in [0.717, 1.165) is 17.0 Å². The van der Waals surface area contributed by atoms with Crippen LogP contribution >= 0.6 is 11.6 Å². The van der Waals surface area contributed by atoms with Gasteiger partial charge in [-0.15, -0.1) is 0 Å². The number of hydrogen-bond donors (Lipinski definition) is 1. The largest absolute Gasteiger partial charge is 0.307 e. The summed E-state index contributed by atoms with van der Waals surface area (Å²) in [6, 6.07) is 8.35. The molecule has 21 heavy (non-hydrogen) atoms. The molecule has 1 N–H and O–H groups in total. The third-order valence-corrected chi connectivity index (χ3v) is 5.65. The quantitative estimate of drug-likeness (QED) is 0.923. The molecule has 4 nitrogen and oxygen atoms in total. The van der Waals surface area contributed by atoms with Crippen molar-refractivity contribution in [3.8, 4) is 0 Å². The molecule has 1 fully saturated rings. The van der Waals surface area contributed by atoms with Crippen LogP contribution in [0.4, 0.5) is 0 Å². The molecule has 0 spiro atoms. The lowest BCUT2D eigenvalue weighted by atomic mass is 9.93. The molecule has 0 aliphatic carbocycles. The molecule has 0 unspecified atom stereocenters. The van der Waals surface area contributed by atoms with Gasteiger partial charge in [0.1, 0.15) is 0 Å². The third kappa shape index (κ3) is 4.42. The molecule has 1 aromatic carbocycles. The minimum absolute atomic E-state index is 0.195. The highest BCUT2D eigenvalue weighted by atomic mass is 35.5. The summed E-state index contributed by atoms with van der Waals surface area (Å²) in [7, 11) is -3.08. The lowest BCUT2D eigenvalue weighted by Crippen LogP contribution is -2.50. The SMILES string of the molecule is C[C@H](N[C@@H]1CCN(S(C)(=O)=O)C[C@@H]1C)c1cccc(Cl)c1. The van der Waals surface area contributed by atoms with E-state index in [-0.39, 0.29) is 12.0 Å². The van der Waals surface area contributed by atoms with Gasteiger partial charge >= 0.3 is 0 Å². The van der Waals surface area contributed by atoms with E-state index in [4.69, 9.17) is 11.6 Å². The summed E-state index contributed by atoms with van der Waals surface area (Å²) in [5.41, 5.74) is 1.15. The predicted molar refractivity (Wildman–Crippen MR) is 87.0 cm³/mol. The number of hydrogen-bond acceptors (Lipinski definition) is 3. The summed E-state index contributed by atoms with van der Waals surface area (Å²) in [5.74, 6) is 0.287. The van der Waals surface area contributed by atoms with E-state index >= 15 is 0 Å². The molecule has 3 atom stereocenters. The Labute approximate surface area is 132 Å². The van der Waals surface area contributed by atoms with Crippen LogP contribution in [0.25, 0.3) is 0 Å². The van der Waals surface area contributed by atoms with Gasteiger partial charge in [0.2, 0.25) is 10.0 Å². The van der Waals surface area contributed by atoms with Crippen molar-refractivity contribution in [2.75, 3.05) is 19.3 Å². The van der Waals surface area contributed by atoms with Crippen LogP contribution in [0.5, 0.6) is 0 Å². The second-order valence-corrected chi connectivity index (χ2v) is 8.36. The first-order valence-electron chi connectivity index (χ1n) is 7.24. The smallest absolute Gasteiger partial charge is 0.211 e. The summed E-state index contributed by atoms with van der Waals surface area (Å²) in [6.07, 6.45) is 2.11. The highest BCUT2D eigenvalue weighted by molar-refractivity contribution is 7.88. The van der Waals surface area contributed by atoms with Crippen molar-refractivity contribution >= 4 is 21.6 Å². The fourth-order valence-electron chi connectivity index (χ4n) is 2.85. The molecule has 0 amide bonds. The number of halogens is 1. The molecule has 0 radical (unpaired) electrons. The van der Waals surface area contributed by atoms with Crippen molar-refractivity contribution in [1.82, 2.24) is 9.62 Å². The minimum atomic E-state index is -3.08. The average Bonchev–Trinajstić information content (AvgIpc) is 2.39. The minimum Gasteiger partial charge on any atom is -0.307 e. The standard InChI is InChI=1S/C15H23ClN2O2S/c1-11-10-18(21(3,19)20)8-7-15(11)17-12(2)13-5-4-6-14(16)9-13/h4-6,9,11-12,15,17H,7-8,10H2,1-3H3/t11-,12-,15+/m0/s1. The molecular weight excluding hydrogens is 308 g/mol. The van der Waals surface area contributed by atoms with E-state index in [1.54, 1.807) is 4.31 Å². The van der Waals surface area contributed by atoms with Crippen molar-refractivity contribution < 1.29 is 8.42 Å². The Balaban J connectivity index is 1.98. The van der Waals surface area contributed by atoms with Gasteiger partial charge in [0.15, 0.2) is 0 Å².